The van der Waals surface area contributed by atoms with Gasteiger partial charge in [0.05, 0.1) is 13.2 Å². The highest BCUT2D eigenvalue weighted by Crippen LogP contribution is 2.14. The summed E-state index contributed by atoms with van der Waals surface area (Å²) in [4.78, 5) is 10.5. The number of carbonyl (C=O) groups excluding carboxylic acids is 1. The molecule has 0 aliphatic rings. The van der Waals surface area contributed by atoms with E-state index in [0.717, 1.165) is 17.7 Å². The van der Waals surface area contributed by atoms with Crippen LogP contribution in [0, 0.1) is 0 Å². The van der Waals surface area contributed by atoms with Crippen molar-refractivity contribution in [2.24, 2.45) is 11.5 Å². The van der Waals surface area contributed by atoms with Gasteiger partial charge in [0.2, 0.25) is 0 Å². The van der Waals surface area contributed by atoms with E-state index in [4.69, 9.17) is 16.2 Å². The SMILES string of the molecule is COc1ccc(CCCC(O)C(N)(N)C=O)cc1. The van der Waals surface area contributed by atoms with E-state index in [1.807, 2.05) is 24.3 Å². The summed E-state index contributed by atoms with van der Waals surface area (Å²) in [5.74, 6) is 0.808. The minimum Gasteiger partial charge on any atom is -0.497 e. The predicted molar refractivity (Wildman–Crippen MR) is 69.1 cm³/mol. The topological polar surface area (TPSA) is 98.6 Å². The van der Waals surface area contributed by atoms with Crippen LogP contribution in [0.5, 0.6) is 5.75 Å². The molecule has 0 saturated carbocycles. The van der Waals surface area contributed by atoms with Crippen molar-refractivity contribution in [3.8, 4) is 5.75 Å². The molecule has 0 radical (unpaired) electrons. The maximum atomic E-state index is 10.5. The van der Waals surface area contributed by atoms with Crippen LogP contribution >= 0.6 is 0 Å². The largest absolute Gasteiger partial charge is 0.497 e. The Hall–Kier alpha value is -1.43. The van der Waals surface area contributed by atoms with Gasteiger partial charge in [-0.2, -0.15) is 0 Å². The summed E-state index contributed by atoms with van der Waals surface area (Å²) in [5.41, 5.74) is 10.3. The molecule has 0 amide bonds. The minimum atomic E-state index is -1.65. The van der Waals surface area contributed by atoms with Crippen LogP contribution in [0.4, 0.5) is 0 Å². The molecule has 0 heterocycles. The van der Waals surface area contributed by atoms with E-state index in [1.54, 1.807) is 7.11 Å². The van der Waals surface area contributed by atoms with Gasteiger partial charge in [-0.25, -0.2) is 0 Å². The first-order valence-corrected chi connectivity index (χ1v) is 5.84. The molecule has 1 atom stereocenters. The van der Waals surface area contributed by atoms with Crippen molar-refractivity contribution in [3.05, 3.63) is 29.8 Å². The lowest BCUT2D eigenvalue weighted by Gasteiger charge is -2.23. The molecule has 0 aliphatic carbocycles. The highest BCUT2D eigenvalue weighted by atomic mass is 16.5. The van der Waals surface area contributed by atoms with Gasteiger partial charge in [-0.05, 0) is 37.0 Å². The summed E-state index contributed by atoms with van der Waals surface area (Å²) in [6, 6.07) is 7.69. The molecule has 5 nitrogen and oxygen atoms in total. The van der Waals surface area contributed by atoms with Gasteiger partial charge < -0.3 is 21.3 Å². The maximum absolute atomic E-state index is 10.5. The number of aliphatic hydroxyl groups is 1. The molecule has 0 spiro atoms. The first-order valence-electron chi connectivity index (χ1n) is 5.84. The van der Waals surface area contributed by atoms with E-state index in [-0.39, 0.29) is 0 Å². The molecule has 5 N–H and O–H groups in total. The average molecular weight is 252 g/mol. The third-order valence-corrected chi connectivity index (χ3v) is 2.88. The Bertz CT molecular complexity index is 376. The van der Waals surface area contributed by atoms with Crippen LogP contribution in [0.3, 0.4) is 0 Å². The zero-order valence-corrected chi connectivity index (χ0v) is 10.5. The molecule has 0 bridgehead atoms. The number of rotatable bonds is 7. The third-order valence-electron chi connectivity index (χ3n) is 2.88. The van der Waals surface area contributed by atoms with Gasteiger partial charge in [-0.1, -0.05) is 12.1 Å². The van der Waals surface area contributed by atoms with Crippen molar-refractivity contribution in [2.45, 2.75) is 31.0 Å². The Labute approximate surface area is 107 Å². The standard InChI is InChI=1S/C13H20N2O3/c1-18-11-7-5-10(6-8-11)3-2-4-12(17)13(14,15)9-16/h5-9,12,17H,2-4,14-15H2,1H3. The number of hydrogen-bond donors (Lipinski definition) is 3. The number of ether oxygens (including phenoxy) is 1. The smallest absolute Gasteiger partial charge is 0.156 e. The molecule has 1 rings (SSSR count). The maximum Gasteiger partial charge on any atom is 0.156 e. The van der Waals surface area contributed by atoms with Gasteiger partial charge in [-0.3, -0.25) is 4.79 Å². The Morgan fingerprint density at radius 2 is 2.00 bits per heavy atom. The van der Waals surface area contributed by atoms with Crippen LogP contribution < -0.4 is 16.2 Å². The Morgan fingerprint density at radius 3 is 2.50 bits per heavy atom. The third kappa shape index (κ3) is 4.10. The van der Waals surface area contributed by atoms with Gasteiger partial charge in [0.1, 0.15) is 11.4 Å². The molecule has 100 valence electrons. The molecule has 0 saturated heterocycles. The summed E-state index contributed by atoms with van der Waals surface area (Å²) < 4.78 is 5.06. The molecular formula is C13H20N2O3. The normalized spacial score (nSPS) is 13.1. The summed E-state index contributed by atoms with van der Waals surface area (Å²) >= 11 is 0. The number of aryl methyl sites for hydroxylation is 1. The second kappa shape index (κ2) is 6.49. The van der Waals surface area contributed by atoms with Crippen molar-refractivity contribution < 1.29 is 14.6 Å². The van der Waals surface area contributed by atoms with Crippen molar-refractivity contribution in [3.63, 3.8) is 0 Å². The molecule has 1 aromatic carbocycles. The van der Waals surface area contributed by atoms with Crippen molar-refractivity contribution in [1.82, 2.24) is 0 Å². The van der Waals surface area contributed by atoms with Crippen molar-refractivity contribution in [2.75, 3.05) is 7.11 Å². The lowest BCUT2D eigenvalue weighted by Crippen LogP contribution is -2.60. The highest BCUT2D eigenvalue weighted by Gasteiger charge is 2.27. The van der Waals surface area contributed by atoms with Gasteiger partial charge in [0.15, 0.2) is 6.29 Å². The zero-order chi connectivity index (χ0) is 13.6. The van der Waals surface area contributed by atoms with Gasteiger partial charge in [-0.15, -0.1) is 0 Å². The molecule has 0 aliphatic heterocycles. The van der Waals surface area contributed by atoms with Crippen LogP contribution in [0.2, 0.25) is 0 Å². The second-order valence-corrected chi connectivity index (χ2v) is 4.37. The average Bonchev–Trinajstić information content (AvgIpc) is 2.39. The fraction of sp³-hybridized carbons (Fsp3) is 0.462. The van der Waals surface area contributed by atoms with E-state index in [1.165, 1.54) is 0 Å². The van der Waals surface area contributed by atoms with E-state index in [2.05, 4.69) is 0 Å². The molecule has 1 unspecified atom stereocenters. The highest BCUT2D eigenvalue weighted by molar-refractivity contribution is 5.63. The molecule has 0 aromatic heterocycles. The Kier molecular flexibility index (Phi) is 5.27. The summed E-state index contributed by atoms with van der Waals surface area (Å²) in [7, 11) is 1.62. The van der Waals surface area contributed by atoms with Crippen LogP contribution in [-0.4, -0.2) is 30.3 Å². The van der Waals surface area contributed by atoms with Crippen LogP contribution in [0.1, 0.15) is 18.4 Å². The number of hydrogen-bond acceptors (Lipinski definition) is 5. The van der Waals surface area contributed by atoms with Crippen LogP contribution in [-0.2, 0) is 11.2 Å². The number of nitrogens with two attached hydrogens (primary N) is 2. The molecule has 5 heteroatoms. The molecular weight excluding hydrogens is 232 g/mol. The fourth-order valence-electron chi connectivity index (χ4n) is 1.62. The van der Waals surface area contributed by atoms with Crippen LogP contribution in [0.25, 0.3) is 0 Å². The van der Waals surface area contributed by atoms with Gasteiger partial charge in [0, 0.05) is 0 Å². The summed E-state index contributed by atoms with van der Waals surface area (Å²) in [6.45, 7) is 0. The molecule has 0 fully saturated rings. The predicted octanol–water partition coefficient (Wildman–Crippen LogP) is 0.191. The lowest BCUT2D eigenvalue weighted by atomic mass is 9.99. The Morgan fingerprint density at radius 1 is 1.39 bits per heavy atom. The lowest BCUT2D eigenvalue weighted by molar-refractivity contribution is -0.116. The van der Waals surface area contributed by atoms with Crippen LogP contribution in [0.15, 0.2) is 24.3 Å². The van der Waals surface area contributed by atoms with Gasteiger partial charge >= 0.3 is 0 Å². The summed E-state index contributed by atoms with van der Waals surface area (Å²) in [6.07, 6.45) is 1.24. The quantitative estimate of drug-likeness (QED) is 0.475. The van der Waals surface area contributed by atoms with Crippen molar-refractivity contribution >= 4 is 6.29 Å². The first kappa shape index (κ1) is 14.6. The number of aliphatic hydroxyl groups excluding tert-OH is 1. The van der Waals surface area contributed by atoms with Gasteiger partial charge in [0.25, 0.3) is 0 Å². The van der Waals surface area contributed by atoms with E-state index >= 15 is 0 Å². The Balaban J connectivity index is 2.39. The van der Waals surface area contributed by atoms with E-state index < -0.39 is 11.8 Å². The molecule has 18 heavy (non-hydrogen) atoms. The number of aldehydes is 1. The zero-order valence-electron chi connectivity index (χ0n) is 10.5. The number of benzene rings is 1. The van der Waals surface area contributed by atoms with Crippen molar-refractivity contribution in [1.29, 1.82) is 0 Å². The second-order valence-electron chi connectivity index (χ2n) is 4.37. The minimum absolute atomic E-state index is 0.380. The fourth-order valence-corrected chi connectivity index (χ4v) is 1.62. The number of methoxy groups -OCH3 is 1. The van der Waals surface area contributed by atoms with E-state index in [0.29, 0.717) is 19.1 Å². The summed E-state index contributed by atoms with van der Waals surface area (Å²) in [5, 5.41) is 9.64. The number of carbonyl (C=O) groups is 1. The first-order chi connectivity index (χ1) is 8.49. The van der Waals surface area contributed by atoms with E-state index in [9.17, 15) is 9.90 Å². The monoisotopic (exact) mass is 252 g/mol. The molecule has 1 aromatic rings.